The minimum atomic E-state index is 0.0344. The van der Waals surface area contributed by atoms with Crippen molar-refractivity contribution >= 4 is 11.8 Å². The Kier molecular flexibility index (Phi) is 6.47. The molecule has 4 aliphatic carbocycles. The Morgan fingerprint density at radius 2 is 1.80 bits per heavy atom. The Labute approximate surface area is 183 Å². The van der Waals surface area contributed by atoms with Crippen LogP contribution in [0, 0.1) is 28.6 Å². The third-order valence-corrected chi connectivity index (χ3v) is 9.63. The van der Waals surface area contributed by atoms with Gasteiger partial charge in [-0.25, -0.2) is 0 Å². The summed E-state index contributed by atoms with van der Waals surface area (Å²) in [6.45, 7) is 7.08. The fraction of sp³-hybridized carbons (Fsp3) is 0.852. The van der Waals surface area contributed by atoms with Gasteiger partial charge in [-0.15, -0.1) is 0 Å². The Balaban J connectivity index is 1.39. The van der Waals surface area contributed by atoms with Crippen LogP contribution in [0.15, 0.2) is 11.6 Å². The van der Waals surface area contributed by atoms with Crippen LogP contribution in [-0.2, 0) is 14.3 Å². The molecule has 3 heteroatoms. The van der Waals surface area contributed by atoms with Gasteiger partial charge in [0.05, 0.1) is 0 Å². The van der Waals surface area contributed by atoms with Crippen LogP contribution in [0.2, 0.25) is 0 Å². The molecule has 0 spiro atoms. The number of rotatable bonds is 7. The molecule has 4 aliphatic rings. The van der Waals surface area contributed by atoms with Gasteiger partial charge in [0.2, 0.25) is 0 Å². The topological polar surface area (TPSA) is 43.4 Å². The van der Waals surface area contributed by atoms with Crippen molar-refractivity contribution in [1.29, 1.82) is 0 Å². The molecule has 0 aromatic carbocycles. The smallest absolute Gasteiger partial charge is 0.306 e. The van der Waals surface area contributed by atoms with Gasteiger partial charge in [0, 0.05) is 18.3 Å². The Bertz CT molecular complexity index is 694. The lowest BCUT2D eigenvalue weighted by molar-refractivity contribution is -0.160. The Morgan fingerprint density at radius 1 is 1.00 bits per heavy atom. The maximum absolute atomic E-state index is 12.5. The fourth-order valence-corrected chi connectivity index (χ4v) is 7.80. The SMILES string of the molecule is CCCCCCCC(=O)O[C@@H]1CC[C@H]2[C@@H]3CCC4=CC(=O)CC[C@]4(C)[C@H]3CC[C@]12C. The number of hydrogen-bond acceptors (Lipinski definition) is 3. The van der Waals surface area contributed by atoms with Crippen LogP contribution in [0.3, 0.4) is 0 Å². The van der Waals surface area contributed by atoms with Crippen molar-refractivity contribution in [1.82, 2.24) is 0 Å². The van der Waals surface area contributed by atoms with E-state index in [1.807, 2.05) is 6.08 Å². The van der Waals surface area contributed by atoms with Crippen molar-refractivity contribution in [3.05, 3.63) is 11.6 Å². The van der Waals surface area contributed by atoms with Crippen LogP contribution < -0.4 is 0 Å². The summed E-state index contributed by atoms with van der Waals surface area (Å²) in [6.07, 6.45) is 17.3. The summed E-state index contributed by atoms with van der Waals surface area (Å²) in [4.78, 5) is 24.5. The highest BCUT2D eigenvalue weighted by Gasteiger charge is 2.59. The lowest BCUT2D eigenvalue weighted by Gasteiger charge is -2.57. The zero-order valence-corrected chi connectivity index (χ0v) is 19.5. The number of esters is 1. The second-order valence-corrected chi connectivity index (χ2v) is 11.2. The van der Waals surface area contributed by atoms with E-state index in [0.717, 1.165) is 44.4 Å². The fourth-order valence-electron chi connectivity index (χ4n) is 7.80. The van der Waals surface area contributed by atoms with Gasteiger partial charge in [-0.05, 0) is 80.6 Å². The zero-order chi connectivity index (χ0) is 21.4. The molecule has 0 amide bonds. The summed E-state index contributed by atoms with van der Waals surface area (Å²) in [5.74, 6) is 2.49. The van der Waals surface area contributed by atoms with Crippen LogP contribution in [0.1, 0.15) is 111 Å². The van der Waals surface area contributed by atoms with Crippen molar-refractivity contribution < 1.29 is 14.3 Å². The lowest BCUT2D eigenvalue weighted by atomic mass is 9.47. The molecule has 0 aromatic rings. The average molecular weight is 415 g/mol. The van der Waals surface area contributed by atoms with E-state index < -0.39 is 0 Å². The van der Waals surface area contributed by atoms with Gasteiger partial charge in [-0.1, -0.05) is 52.0 Å². The standard InChI is InChI=1S/C27H42O3/c1-4-5-6-7-8-9-25(29)30-24-13-12-22-21-11-10-19-18-20(28)14-16-26(19,2)23(21)15-17-27(22,24)3/h18,21-24H,4-17H2,1-3H3/t21-,22-,23-,24+,26-,27-/m0/s1. The predicted molar refractivity (Wildman–Crippen MR) is 120 cm³/mol. The molecule has 4 rings (SSSR count). The normalized spacial score (nSPS) is 40.2. The average Bonchev–Trinajstić information content (AvgIpc) is 3.04. The quantitative estimate of drug-likeness (QED) is 0.340. The molecule has 3 fully saturated rings. The molecule has 6 atom stereocenters. The first-order valence-corrected chi connectivity index (χ1v) is 12.8. The Morgan fingerprint density at radius 3 is 2.60 bits per heavy atom. The molecular weight excluding hydrogens is 372 g/mol. The maximum Gasteiger partial charge on any atom is 0.306 e. The summed E-state index contributed by atoms with van der Waals surface area (Å²) in [5.41, 5.74) is 1.82. The van der Waals surface area contributed by atoms with E-state index in [-0.39, 0.29) is 22.9 Å². The van der Waals surface area contributed by atoms with E-state index in [9.17, 15) is 9.59 Å². The van der Waals surface area contributed by atoms with Crippen molar-refractivity contribution in [2.75, 3.05) is 0 Å². The number of hydrogen-bond donors (Lipinski definition) is 0. The summed E-state index contributed by atoms with van der Waals surface area (Å²) in [5, 5.41) is 0. The van der Waals surface area contributed by atoms with E-state index in [1.165, 1.54) is 50.5 Å². The number of carbonyl (C=O) groups excluding carboxylic acids is 2. The first-order chi connectivity index (χ1) is 14.4. The molecule has 3 saturated carbocycles. The van der Waals surface area contributed by atoms with Crippen LogP contribution in [0.5, 0.6) is 0 Å². The number of unbranched alkanes of at least 4 members (excludes halogenated alkanes) is 4. The minimum Gasteiger partial charge on any atom is -0.462 e. The van der Waals surface area contributed by atoms with Crippen LogP contribution in [0.25, 0.3) is 0 Å². The summed E-state index contributed by atoms with van der Waals surface area (Å²) < 4.78 is 6.12. The summed E-state index contributed by atoms with van der Waals surface area (Å²) in [6, 6.07) is 0. The van der Waals surface area contributed by atoms with Crippen molar-refractivity contribution in [3.8, 4) is 0 Å². The molecule has 30 heavy (non-hydrogen) atoms. The largest absolute Gasteiger partial charge is 0.462 e. The van der Waals surface area contributed by atoms with Gasteiger partial charge in [-0.2, -0.15) is 0 Å². The molecule has 168 valence electrons. The van der Waals surface area contributed by atoms with Gasteiger partial charge >= 0.3 is 5.97 Å². The molecule has 0 radical (unpaired) electrons. The molecule has 0 saturated heterocycles. The monoisotopic (exact) mass is 414 g/mol. The second kappa shape index (κ2) is 8.79. The van der Waals surface area contributed by atoms with Crippen LogP contribution >= 0.6 is 0 Å². The van der Waals surface area contributed by atoms with Crippen molar-refractivity contribution in [2.45, 2.75) is 117 Å². The third kappa shape index (κ3) is 3.91. The first-order valence-electron chi connectivity index (χ1n) is 12.8. The van der Waals surface area contributed by atoms with Gasteiger partial charge in [0.1, 0.15) is 6.10 Å². The maximum atomic E-state index is 12.5. The van der Waals surface area contributed by atoms with Crippen LogP contribution in [0.4, 0.5) is 0 Å². The number of ketones is 1. The summed E-state index contributed by atoms with van der Waals surface area (Å²) >= 11 is 0. The van der Waals surface area contributed by atoms with E-state index in [0.29, 0.717) is 24.0 Å². The zero-order valence-electron chi connectivity index (χ0n) is 19.5. The van der Waals surface area contributed by atoms with E-state index in [2.05, 4.69) is 20.8 Å². The van der Waals surface area contributed by atoms with Gasteiger partial charge in [0.15, 0.2) is 5.78 Å². The lowest BCUT2D eigenvalue weighted by Crippen LogP contribution is -2.51. The number of ether oxygens (including phenoxy) is 1. The highest BCUT2D eigenvalue weighted by molar-refractivity contribution is 5.91. The highest BCUT2D eigenvalue weighted by Crippen LogP contribution is 2.65. The molecule has 0 heterocycles. The first kappa shape index (κ1) is 22.1. The van der Waals surface area contributed by atoms with E-state index in [4.69, 9.17) is 4.74 Å². The van der Waals surface area contributed by atoms with Gasteiger partial charge < -0.3 is 4.74 Å². The van der Waals surface area contributed by atoms with Crippen LogP contribution in [-0.4, -0.2) is 17.9 Å². The van der Waals surface area contributed by atoms with Gasteiger partial charge in [0.25, 0.3) is 0 Å². The highest BCUT2D eigenvalue weighted by atomic mass is 16.5. The molecule has 0 unspecified atom stereocenters. The van der Waals surface area contributed by atoms with E-state index in [1.54, 1.807) is 0 Å². The number of allylic oxidation sites excluding steroid dienone is 1. The van der Waals surface area contributed by atoms with Gasteiger partial charge in [-0.3, -0.25) is 9.59 Å². The predicted octanol–water partition coefficient (Wildman–Crippen LogP) is 6.79. The van der Waals surface area contributed by atoms with Crippen molar-refractivity contribution in [3.63, 3.8) is 0 Å². The summed E-state index contributed by atoms with van der Waals surface area (Å²) in [7, 11) is 0. The molecule has 0 aromatic heterocycles. The van der Waals surface area contributed by atoms with E-state index >= 15 is 0 Å². The number of carbonyl (C=O) groups is 2. The Hall–Kier alpha value is -1.12. The third-order valence-electron chi connectivity index (χ3n) is 9.63. The second-order valence-electron chi connectivity index (χ2n) is 11.2. The van der Waals surface area contributed by atoms with Crippen molar-refractivity contribution in [2.24, 2.45) is 28.6 Å². The molecule has 0 N–H and O–H groups in total. The number of fused-ring (bicyclic) bond motifs is 5. The molecule has 3 nitrogen and oxygen atoms in total. The molecular formula is C27H42O3. The minimum absolute atomic E-state index is 0.0344. The molecule has 0 bridgehead atoms. The molecule has 0 aliphatic heterocycles.